The lowest BCUT2D eigenvalue weighted by molar-refractivity contribution is 0.363. The highest BCUT2D eigenvalue weighted by Gasteiger charge is 2.14. The molecule has 0 radical (unpaired) electrons. The number of aliphatic imine (C=N–C) groups is 1. The lowest BCUT2D eigenvalue weighted by Crippen LogP contribution is -2.39. The molecule has 0 saturated heterocycles. The van der Waals surface area contributed by atoms with Crippen LogP contribution in [0.4, 0.5) is 0 Å². The average molecular weight is 212 g/mol. The van der Waals surface area contributed by atoms with E-state index in [0.717, 1.165) is 19.6 Å². The quantitative estimate of drug-likeness (QED) is 0.523. The van der Waals surface area contributed by atoms with Crippen molar-refractivity contribution in [3.63, 3.8) is 0 Å². The zero-order valence-electron chi connectivity index (χ0n) is 10.00. The maximum atomic E-state index is 5.80. The van der Waals surface area contributed by atoms with Crippen molar-refractivity contribution in [1.82, 2.24) is 10.2 Å². The number of likely N-dealkylation sites (N-methyl/N-ethyl adjacent to an activating group) is 1. The molecule has 1 saturated carbocycles. The molecule has 0 heterocycles. The van der Waals surface area contributed by atoms with Gasteiger partial charge in [0.25, 0.3) is 0 Å². The third-order valence-electron chi connectivity index (χ3n) is 3.01. The number of hydrogen-bond acceptors (Lipinski definition) is 2. The first kappa shape index (κ1) is 12.3. The van der Waals surface area contributed by atoms with Gasteiger partial charge in [-0.3, -0.25) is 4.99 Å². The summed E-state index contributed by atoms with van der Waals surface area (Å²) in [4.78, 5) is 6.55. The van der Waals surface area contributed by atoms with Crippen LogP contribution >= 0.6 is 0 Å². The van der Waals surface area contributed by atoms with Crippen molar-refractivity contribution in [2.45, 2.75) is 38.6 Å². The highest BCUT2D eigenvalue weighted by molar-refractivity contribution is 5.78. The van der Waals surface area contributed by atoms with Crippen LogP contribution in [-0.2, 0) is 0 Å². The molecule has 1 rings (SSSR count). The summed E-state index contributed by atoms with van der Waals surface area (Å²) in [5.74, 6) is 0.617. The Kier molecular flexibility index (Phi) is 5.47. The maximum absolute atomic E-state index is 5.80. The molecule has 0 aliphatic heterocycles. The summed E-state index contributed by atoms with van der Waals surface area (Å²) in [6.07, 6.45) is 5.13. The van der Waals surface area contributed by atoms with Crippen LogP contribution in [0, 0.1) is 0 Å². The molecule has 1 aliphatic carbocycles. The number of nitrogens with zero attached hydrogens (tertiary/aromatic N) is 2. The van der Waals surface area contributed by atoms with Crippen molar-refractivity contribution in [2.75, 3.05) is 26.7 Å². The second kappa shape index (κ2) is 6.67. The van der Waals surface area contributed by atoms with Crippen LogP contribution in [0.3, 0.4) is 0 Å². The minimum absolute atomic E-state index is 0.567. The fraction of sp³-hybridized carbons (Fsp3) is 0.909. The Hall–Kier alpha value is -0.770. The van der Waals surface area contributed by atoms with Crippen LogP contribution in [0.5, 0.6) is 0 Å². The molecule has 0 unspecified atom stereocenters. The van der Waals surface area contributed by atoms with Gasteiger partial charge in [-0.2, -0.15) is 0 Å². The second-order valence-corrected chi connectivity index (χ2v) is 4.29. The summed E-state index contributed by atoms with van der Waals surface area (Å²) in [6, 6.07) is 0.567. The Morgan fingerprint density at radius 1 is 1.47 bits per heavy atom. The van der Waals surface area contributed by atoms with E-state index < -0.39 is 0 Å². The molecule has 0 spiro atoms. The molecule has 3 N–H and O–H groups in total. The Morgan fingerprint density at radius 2 is 2.13 bits per heavy atom. The molecule has 1 aliphatic rings. The first-order valence-electron chi connectivity index (χ1n) is 5.97. The number of hydrogen-bond donors (Lipinski definition) is 2. The van der Waals surface area contributed by atoms with Gasteiger partial charge >= 0.3 is 0 Å². The molecule has 0 aromatic carbocycles. The molecule has 4 nitrogen and oxygen atoms in total. The molecule has 0 aromatic heterocycles. The van der Waals surface area contributed by atoms with Crippen molar-refractivity contribution in [1.29, 1.82) is 0 Å². The van der Waals surface area contributed by atoms with Crippen LogP contribution in [0.25, 0.3) is 0 Å². The maximum Gasteiger partial charge on any atom is 0.188 e. The summed E-state index contributed by atoms with van der Waals surface area (Å²) in [7, 11) is 2.09. The Labute approximate surface area is 92.9 Å². The zero-order chi connectivity index (χ0) is 11.1. The number of guanidine groups is 1. The van der Waals surface area contributed by atoms with Crippen LogP contribution in [-0.4, -0.2) is 43.6 Å². The third kappa shape index (κ3) is 5.02. The molecular formula is C11H24N4. The number of nitrogens with one attached hydrogen (secondary N) is 1. The average Bonchev–Trinajstić information content (AvgIpc) is 2.70. The van der Waals surface area contributed by atoms with E-state index in [2.05, 4.69) is 29.2 Å². The van der Waals surface area contributed by atoms with Gasteiger partial charge in [0.1, 0.15) is 0 Å². The lowest BCUT2D eigenvalue weighted by atomic mass is 10.2. The summed E-state index contributed by atoms with van der Waals surface area (Å²) < 4.78 is 0. The second-order valence-electron chi connectivity index (χ2n) is 4.29. The predicted octanol–water partition coefficient (Wildman–Crippen LogP) is 0.785. The van der Waals surface area contributed by atoms with E-state index in [4.69, 9.17) is 5.73 Å². The summed E-state index contributed by atoms with van der Waals surface area (Å²) >= 11 is 0. The SMILES string of the molecule is CCN(C)CCN=C(N)NC1CCCC1. The van der Waals surface area contributed by atoms with E-state index in [1.54, 1.807) is 0 Å². The largest absolute Gasteiger partial charge is 0.370 e. The van der Waals surface area contributed by atoms with Crippen LogP contribution in [0.15, 0.2) is 4.99 Å². The Balaban J connectivity index is 2.14. The van der Waals surface area contributed by atoms with Crippen LogP contribution < -0.4 is 11.1 Å². The molecule has 4 heteroatoms. The molecule has 88 valence electrons. The fourth-order valence-electron chi connectivity index (χ4n) is 1.82. The van der Waals surface area contributed by atoms with Crippen molar-refractivity contribution in [3.8, 4) is 0 Å². The summed E-state index contributed by atoms with van der Waals surface area (Å²) in [5, 5.41) is 3.28. The van der Waals surface area contributed by atoms with E-state index in [1.165, 1.54) is 25.7 Å². The summed E-state index contributed by atoms with van der Waals surface area (Å²) in [5.41, 5.74) is 5.80. The Bertz CT molecular complexity index is 197. The minimum Gasteiger partial charge on any atom is -0.370 e. The van der Waals surface area contributed by atoms with Crippen LogP contribution in [0.1, 0.15) is 32.6 Å². The lowest BCUT2D eigenvalue weighted by Gasteiger charge is -2.14. The highest BCUT2D eigenvalue weighted by atomic mass is 15.1. The molecule has 0 aromatic rings. The third-order valence-corrected chi connectivity index (χ3v) is 3.01. The molecule has 15 heavy (non-hydrogen) atoms. The van der Waals surface area contributed by atoms with Gasteiger partial charge < -0.3 is 16.0 Å². The first-order chi connectivity index (χ1) is 7.22. The first-order valence-corrected chi connectivity index (χ1v) is 5.97. The van der Waals surface area contributed by atoms with E-state index in [1.807, 2.05) is 0 Å². The van der Waals surface area contributed by atoms with Gasteiger partial charge in [0.2, 0.25) is 0 Å². The Morgan fingerprint density at radius 3 is 2.73 bits per heavy atom. The number of rotatable bonds is 5. The molecule has 0 amide bonds. The van der Waals surface area contributed by atoms with Crippen molar-refractivity contribution < 1.29 is 0 Å². The van der Waals surface area contributed by atoms with E-state index in [9.17, 15) is 0 Å². The van der Waals surface area contributed by atoms with Gasteiger partial charge in [-0.15, -0.1) is 0 Å². The smallest absolute Gasteiger partial charge is 0.188 e. The van der Waals surface area contributed by atoms with E-state index in [-0.39, 0.29) is 0 Å². The fourth-order valence-corrected chi connectivity index (χ4v) is 1.82. The van der Waals surface area contributed by atoms with Crippen molar-refractivity contribution in [2.24, 2.45) is 10.7 Å². The molecule has 0 atom stereocenters. The molecule has 1 fully saturated rings. The summed E-state index contributed by atoms with van der Waals surface area (Å²) in [6.45, 7) is 4.97. The van der Waals surface area contributed by atoms with E-state index >= 15 is 0 Å². The van der Waals surface area contributed by atoms with Crippen LogP contribution in [0.2, 0.25) is 0 Å². The number of nitrogens with two attached hydrogens (primary N) is 1. The minimum atomic E-state index is 0.567. The van der Waals surface area contributed by atoms with E-state index in [0.29, 0.717) is 12.0 Å². The molecular weight excluding hydrogens is 188 g/mol. The molecule has 0 bridgehead atoms. The topological polar surface area (TPSA) is 53.6 Å². The van der Waals surface area contributed by atoms with Crippen molar-refractivity contribution >= 4 is 5.96 Å². The zero-order valence-corrected chi connectivity index (χ0v) is 10.00. The predicted molar refractivity (Wildman–Crippen MR) is 65.1 cm³/mol. The van der Waals surface area contributed by atoms with Gasteiger partial charge in [-0.1, -0.05) is 19.8 Å². The van der Waals surface area contributed by atoms with Gasteiger partial charge in [-0.05, 0) is 26.4 Å². The van der Waals surface area contributed by atoms with Gasteiger partial charge in [0.15, 0.2) is 5.96 Å². The van der Waals surface area contributed by atoms with Gasteiger partial charge in [0.05, 0.1) is 6.54 Å². The van der Waals surface area contributed by atoms with Crippen molar-refractivity contribution in [3.05, 3.63) is 0 Å². The standard InChI is InChI=1S/C11H24N4/c1-3-15(2)9-8-13-11(12)14-10-6-4-5-7-10/h10H,3-9H2,1-2H3,(H3,12,13,14). The monoisotopic (exact) mass is 212 g/mol. The van der Waals surface area contributed by atoms with Gasteiger partial charge in [0, 0.05) is 12.6 Å². The highest BCUT2D eigenvalue weighted by Crippen LogP contribution is 2.17. The normalized spacial score (nSPS) is 18.7. The van der Waals surface area contributed by atoms with Gasteiger partial charge in [-0.25, -0.2) is 0 Å².